The third-order valence-corrected chi connectivity index (χ3v) is 3.69. The summed E-state index contributed by atoms with van der Waals surface area (Å²) < 4.78 is 6.26. The molecule has 3 N–H and O–H groups in total. The van der Waals surface area contributed by atoms with Gasteiger partial charge in [0, 0.05) is 12.6 Å². The molecule has 0 saturated heterocycles. The number of aliphatic hydroxyl groups excluding tert-OH is 1. The molecule has 1 aromatic carbocycles. The van der Waals surface area contributed by atoms with E-state index in [0.717, 1.165) is 26.9 Å². The van der Waals surface area contributed by atoms with E-state index >= 15 is 0 Å². The van der Waals surface area contributed by atoms with E-state index in [-0.39, 0.29) is 12.6 Å². The molecule has 1 unspecified atom stereocenters. The molecule has 0 bridgehead atoms. The molecule has 1 aromatic rings. The summed E-state index contributed by atoms with van der Waals surface area (Å²) in [7, 11) is 1.65. The summed E-state index contributed by atoms with van der Waals surface area (Å²) in [5.41, 5.74) is 9.19. The Labute approximate surface area is 105 Å². The summed E-state index contributed by atoms with van der Waals surface area (Å²) in [5.74, 6) is 0.845. The van der Waals surface area contributed by atoms with Crippen molar-refractivity contribution in [3.63, 3.8) is 0 Å². The lowest BCUT2D eigenvalue weighted by molar-refractivity contribution is 0.276. The minimum Gasteiger partial charge on any atom is -0.495 e. The van der Waals surface area contributed by atoms with Crippen LogP contribution in [0.25, 0.3) is 0 Å². The highest BCUT2D eigenvalue weighted by molar-refractivity contribution is 9.10. The van der Waals surface area contributed by atoms with Crippen molar-refractivity contribution in [3.8, 4) is 5.75 Å². The fourth-order valence-corrected chi connectivity index (χ4v) is 2.51. The van der Waals surface area contributed by atoms with Gasteiger partial charge in [-0.05, 0) is 52.9 Å². The van der Waals surface area contributed by atoms with Crippen molar-refractivity contribution >= 4 is 15.9 Å². The topological polar surface area (TPSA) is 55.5 Å². The molecule has 3 nitrogen and oxygen atoms in total. The largest absolute Gasteiger partial charge is 0.495 e. The van der Waals surface area contributed by atoms with Crippen LogP contribution < -0.4 is 10.5 Å². The normalized spacial score (nSPS) is 12.6. The maximum Gasteiger partial charge on any atom is 0.136 e. The van der Waals surface area contributed by atoms with Crippen molar-refractivity contribution in [1.82, 2.24) is 0 Å². The molecule has 1 atom stereocenters. The Morgan fingerprint density at radius 3 is 2.62 bits per heavy atom. The third kappa shape index (κ3) is 2.56. The van der Waals surface area contributed by atoms with E-state index in [9.17, 15) is 0 Å². The lowest BCUT2D eigenvalue weighted by Gasteiger charge is -2.18. The van der Waals surface area contributed by atoms with Crippen LogP contribution in [0.2, 0.25) is 0 Å². The Bertz CT molecular complexity index is 380. The average molecular weight is 288 g/mol. The first-order chi connectivity index (χ1) is 7.52. The van der Waals surface area contributed by atoms with Gasteiger partial charge in [-0.3, -0.25) is 0 Å². The zero-order chi connectivity index (χ0) is 12.3. The lowest BCUT2D eigenvalue weighted by atomic mass is 9.97. The van der Waals surface area contributed by atoms with Gasteiger partial charge in [-0.2, -0.15) is 0 Å². The number of benzene rings is 1. The molecule has 1 rings (SSSR count). The predicted molar refractivity (Wildman–Crippen MR) is 68.8 cm³/mol. The average Bonchev–Trinajstić information content (AvgIpc) is 2.24. The van der Waals surface area contributed by atoms with Crippen molar-refractivity contribution in [2.24, 2.45) is 5.73 Å². The number of halogens is 1. The Hall–Kier alpha value is -0.580. The van der Waals surface area contributed by atoms with Crippen LogP contribution in [0.3, 0.4) is 0 Å². The van der Waals surface area contributed by atoms with Gasteiger partial charge < -0.3 is 15.6 Å². The molecule has 0 fully saturated rings. The number of ether oxygens (including phenoxy) is 1. The van der Waals surface area contributed by atoms with Gasteiger partial charge in [-0.15, -0.1) is 0 Å². The molecule has 0 heterocycles. The van der Waals surface area contributed by atoms with Crippen LogP contribution in [0.15, 0.2) is 10.5 Å². The van der Waals surface area contributed by atoms with E-state index in [2.05, 4.69) is 15.9 Å². The first-order valence-electron chi connectivity index (χ1n) is 5.23. The summed E-state index contributed by atoms with van der Waals surface area (Å²) in [5, 5.41) is 8.91. The quantitative estimate of drug-likeness (QED) is 0.894. The Morgan fingerprint density at radius 1 is 1.50 bits per heavy atom. The second-order valence-electron chi connectivity index (χ2n) is 3.87. The number of hydrogen-bond donors (Lipinski definition) is 2. The molecule has 4 heteroatoms. The highest BCUT2D eigenvalue weighted by Crippen LogP contribution is 2.36. The lowest BCUT2D eigenvalue weighted by Crippen LogP contribution is -2.14. The van der Waals surface area contributed by atoms with E-state index in [1.807, 2.05) is 19.9 Å². The van der Waals surface area contributed by atoms with Gasteiger partial charge in [-0.25, -0.2) is 0 Å². The van der Waals surface area contributed by atoms with Crippen molar-refractivity contribution in [2.45, 2.75) is 26.3 Å². The molecule has 0 aliphatic heterocycles. The summed E-state index contributed by atoms with van der Waals surface area (Å²) in [6.07, 6.45) is 0.569. The maximum atomic E-state index is 8.91. The molecule has 16 heavy (non-hydrogen) atoms. The Kier molecular flexibility index (Phi) is 4.77. The minimum atomic E-state index is -0.133. The van der Waals surface area contributed by atoms with Crippen molar-refractivity contribution in [3.05, 3.63) is 27.2 Å². The number of nitrogens with two attached hydrogens (primary N) is 1. The second kappa shape index (κ2) is 5.66. The molecule has 0 aliphatic rings. The maximum absolute atomic E-state index is 8.91. The molecule has 0 amide bonds. The van der Waals surface area contributed by atoms with E-state index < -0.39 is 0 Å². The second-order valence-corrected chi connectivity index (χ2v) is 4.67. The molecule has 0 aliphatic carbocycles. The fraction of sp³-hybridized carbons (Fsp3) is 0.500. The van der Waals surface area contributed by atoms with Crippen LogP contribution in [-0.4, -0.2) is 18.8 Å². The summed E-state index contributed by atoms with van der Waals surface area (Å²) in [6.45, 7) is 4.08. The number of aryl methyl sites for hydroxylation is 1. The third-order valence-electron chi connectivity index (χ3n) is 2.74. The number of aliphatic hydroxyl groups is 1. The van der Waals surface area contributed by atoms with Crippen LogP contribution in [0.5, 0.6) is 5.75 Å². The first-order valence-corrected chi connectivity index (χ1v) is 6.02. The van der Waals surface area contributed by atoms with Crippen LogP contribution >= 0.6 is 15.9 Å². The Morgan fingerprint density at radius 2 is 2.12 bits per heavy atom. The SMILES string of the molecule is COc1c(C)cc(C(N)CCO)c(C)c1Br. The van der Waals surface area contributed by atoms with Crippen LogP contribution in [0, 0.1) is 13.8 Å². The molecular formula is C12H18BrNO2. The minimum absolute atomic E-state index is 0.100. The number of methoxy groups -OCH3 is 1. The highest BCUT2D eigenvalue weighted by Gasteiger charge is 2.15. The molecular weight excluding hydrogens is 270 g/mol. The fourth-order valence-electron chi connectivity index (χ4n) is 1.81. The van der Waals surface area contributed by atoms with Crippen molar-refractivity contribution in [1.29, 1.82) is 0 Å². The van der Waals surface area contributed by atoms with E-state index in [1.165, 1.54) is 0 Å². The summed E-state index contributed by atoms with van der Waals surface area (Å²) >= 11 is 3.52. The summed E-state index contributed by atoms with van der Waals surface area (Å²) in [6, 6.07) is 1.89. The van der Waals surface area contributed by atoms with E-state index in [4.69, 9.17) is 15.6 Å². The standard InChI is InChI=1S/C12H18BrNO2/c1-7-6-9(10(14)4-5-15)8(2)11(13)12(7)16-3/h6,10,15H,4-5,14H2,1-3H3. The monoisotopic (exact) mass is 287 g/mol. The smallest absolute Gasteiger partial charge is 0.136 e. The van der Waals surface area contributed by atoms with Gasteiger partial charge in [0.25, 0.3) is 0 Å². The number of hydrogen-bond acceptors (Lipinski definition) is 3. The van der Waals surface area contributed by atoms with E-state index in [1.54, 1.807) is 7.11 Å². The molecule has 0 radical (unpaired) electrons. The van der Waals surface area contributed by atoms with Gasteiger partial charge in [0.1, 0.15) is 5.75 Å². The van der Waals surface area contributed by atoms with Gasteiger partial charge >= 0.3 is 0 Å². The van der Waals surface area contributed by atoms with Crippen molar-refractivity contribution < 1.29 is 9.84 Å². The van der Waals surface area contributed by atoms with Crippen molar-refractivity contribution in [2.75, 3.05) is 13.7 Å². The molecule has 0 aromatic heterocycles. The zero-order valence-corrected chi connectivity index (χ0v) is 11.5. The highest BCUT2D eigenvalue weighted by atomic mass is 79.9. The predicted octanol–water partition coefficient (Wildman–Crippen LogP) is 2.46. The van der Waals surface area contributed by atoms with Crippen LogP contribution in [0.4, 0.5) is 0 Å². The van der Waals surface area contributed by atoms with Gasteiger partial charge in [-0.1, -0.05) is 6.07 Å². The first kappa shape index (κ1) is 13.5. The van der Waals surface area contributed by atoms with Crippen LogP contribution in [0.1, 0.15) is 29.2 Å². The Balaban J connectivity index is 3.22. The zero-order valence-electron chi connectivity index (χ0n) is 9.88. The molecule has 90 valence electrons. The molecule has 0 spiro atoms. The van der Waals surface area contributed by atoms with E-state index in [0.29, 0.717) is 6.42 Å². The summed E-state index contributed by atoms with van der Waals surface area (Å²) in [4.78, 5) is 0. The van der Waals surface area contributed by atoms with Crippen LogP contribution in [-0.2, 0) is 0 Å². The van der Waals surface area contributed by atoms with Gasteiger partial charge in [0.2, 0.25) is 0 Å². The van der Waals surface area contributed by atoms with Gasteiger partial charge in [0.05, 0.1) is 11.6 Å². The molecule has 0 saturated carbocycles. The van der Waals surface area contributed by atoms with Gasteiger partial charge in [0.15, 0.2) is 0 Å². The number of rotatable bonds is 4.